The monoisotopic (exact) mass is 385 g/mol. The number of benzene rings is 2. The van der Waals surface area contributed by atoms with Gasteiger partial charge in [0.25, 0.3) is 0 Å². The summed E-state index contributed by atoms with van der Waals surface area (Å²) in [6.45, 7) is -0.0445. The van der Waals surface area contributed by atoms with Gasteiger partial charge in [-0.25, -0.2) is 4.39 Å². The molecule has 23 heavy (non-hydrogen) atoms. The summed E-state index contributed by atoms with van der Waals surface area (Å²) in [6, 6.07) is 6.41. The van der Waals surface area contributed by atoms with Crippen molar-refractivity contribution in [3.8, 4) is 17.2 Å². The third-order valence-corrected chi connectivity index (χ3v) is 3.68. The Hall–Kier alpha value is -2.35. The van der Waals surface area contributed by atoms with Crippen molar-refractivity contribution < 1.29 is 23.5 Å². The summed E-state index contributed by atoms with van der Waals surface area (Å²) in [5.41, 5.74) is 0.292. The van der Waals surface area contributed by atoms with Crippen molar-refractivity contribution in [3.05, 3.63) is 56.3 Å². The minimum Gasteiger partial charge on any atom is -0.496 e. The van der Waals surface area contributed by atoms with Crippen LogP contribution in [0.1, 0.15) is 5.56 Å². The molecule has 0 radical (unpaired) electrons. The second-order valence-corrected chi connectivity index (χ2v) is 5.31. The molecule has 0 spiro atoms. The van der Waals surface area contributed by atoms with Crippen LogP contribution in [0.25, 0.3) is 0 Å². The van der Waals surface area contributed by atoms with Crippen LogP contribution < -0.4 is 14.2 Å². The first-order valence-corrected chi connectivity index (χ1v) is 7.22. The number of methoxy groups -OCH3 is 2. The van der Waals surface area contributed by atoms with Crippen LogP contribution in [0, 0.1) is 15.9 Å². The highest BCUT2D eigenvalue weighted by Gasteiger charge is 2.17. The van der Waals surface area contributed by atoms with Crippen LogP contribution in [0.2, 0.25) is 0 Å². The molecule has 0 amide bonds. The SMILES string of the molecule is COc1cc(COc2cc(F)ccc2[N+](=O)[O-])c(OC)cc1Br. The molecule has 2 aromatic rings. The van der Waals surface area contributed by atoms with E-state index in [1.54, 1.807) is 12.1 Å². The van der Waals surface area contributed by atoms with Gasteiger partial charge < -0.3 is 14.2 Å². The third kappa shape index (κ3) is 3.89. The summed E-state index contributed by atoms with van der Waals surface area (Å²) in [5.74, 6) is 0.291. The Kier molecular flexibility index (Phi) is 5.38. The maximum absolute atomic E-state index is 13.3. The molecule has 0 atom stereocenters. The Morgan fingerprint density at radius 3 is 2.43 bits per heavy atom. The van der Waals surface area contributed by atoms with Crippen molar-refractivity contribution >= 4 is 21.6 Å². The smallest absolute Gasteiger partial charge is 0.311 e. The summed E-state index contributed by atoms with van der Waals surface area (Å²) < 4.78 is 29.8. The number of hydrogen-bond donors (Lipinski definition) is 0. The van der Waals surface area contributed by atoms with E-state index in [4.69, 9.17) is 14.2 Å². The van der Waals surface area contributed by atoms with E-state index in [1.165, 1.54) is 14.2 Å². The standard InChI is InChI=1S/C15H13BrFNO5/c1-21-13-7-11(16)14(22-2)5-9(13)8-23-15-6-10(17)3-4-12(15)18(19)20/h3-7H,8H2,1-2H3. The summed E-state index contributed by atoms with van der Waals surface area (Å²) >= 11 is 3.33. The minimum absolute atomic E-state index is 0.0445. The van der Waals surface area contributed by atoms with Crippen LogP contribution >= 0.6 is 15.9 Å². The normalized spacial score (nSPS) is 10.3. The molecule has 0 aliphatic heterocycles. The molecule has 8 heteroatoms. The van der Waals surface area contributed by atoms with Crippen molar-refractivity contribution in [2.75, 3.05) is 14.2 Å². The number of hydrogen-bond acceptors (Lipinski definition) is 5. The quantitative estimate of drug-likeness (QED) is 0.553. The van der Waals surface area contributed by atoms with E-state index >= 15 is 0 Å². The van der Waals surface area contributed by atoms with Gasteiger partial charge in [0.1, 0.15) is 23.9 Å². The largest absolute Gasteiger partial charge is 0.496 e. The van der Waals surface area contributed by atoms with Crippen LogP contribution in [-0.2, 0) is 6.61 Å². The van der Waals surface area contributed by atoms with Crippen molar-refractivity contribution in [2.24, 2.45) is 0 Å². The molecule has 0 aliphatic rings. The Balaban J connectivity index is 2.31. The first kappa shape index (κ1) is 17.0. The number of nitro benzene ring substituents is 1. The van der Waals surface area contributed by atoms with Gasteiger partial charge in [-0.05, 0) is 34.1 Å². The minimum atomic E-state index is -0.631. The lowest BCUT2D eigenvalue weighted by atomic mass is 10.2. The highest BCUT2D eigenvalue weighted by Crippen LogP contribution is 2.34. The molecule has 0 heterocycles. The van der Waals surface area contributed by atoms with Crippen LogP contribution in [0.3, 0.4) is 0 Å². The molecule has 122 valence electrons. The maximum atomic E-state index is 13.3. The van der Waals surface area contributed by atoms with Gasteiger partial charge in [-0.15, -0.1) is 0 Å². The van der Waals surface area contributed by atoms with Gasteiger partial charge in [0.05, 0.1) is 23.6 Å². The van der Waals surface area contributed by atoms with Gasteiger partial charge in [0.2, 0.25) is 0 Å². The van der Waals surface area contributed by atoms with Crippen molar-refractivity contribution in [1.82, 2.24) is 0 Å². The Morgan fingerprint density at radius 2 is 1.83 bits per heavy atom. The first-order valence-electron chi connectivity index (χ1n) is 6.43. The molecule has 2 rings (SSSR count). The van der Waals surface area contributed by atoms with Gasteiger partial charge in [-0.2, -0.15) is 0 Å². The van der Waals surface area contributed by atoms with E-state index in [0.29, 0.717) is 21.5 Å². The summed E-state index contributed by atoms with van der Waals surface area (Å²) in [4.78, 5) is 10.3. The average Bonchev–Trinajstić information content (AvgIpc) is 2.53. The summed E-state index contributed by atoms with van der Waals surface area (Å²) in [7, 11) is 3.00. The number of ether oxygens (including phenoxy) is 3. The topological polar surface area (TPSA) is 70.8 Å². The van der Waals surface area contributed by atoms with Crippen LogP contribution in [0.5, 0.6) is 17.2 Å². The van der Waals surface area contributed by atoms with E-state index in [9.17, 15) is 14.5 Å². The summed E-state index contributed by atoms with van der Waals surface area (Å²) in [5, 5.41) is 11.0. The van der Waals surface area contributed by atoms with Gasteiger partial charge in [0.15, 0.2) is 5.75 Å². The number of rotatable bonds is 6. The average molecular weight is 386 g/mol. The fraction of sp³-hybridized carbons (Fsp3) is 0.200. The Morgan fingerprint density at radius 1 is 1.13 bits per heavy atom. The molecule has 0 aromatic heterocycles. The maximum Gasteiger partial charge on any atom is 0.311 e. The second kappa shape index (κ2) is 7.28. The zero-order valence-electron chi connectivity index (χ0n) is 12.3. The molecule has 0 N–H and O–H groups in total. The van der Waals surface area contributed by atoms with E-state index in [0.717, 1.165) is 18.2 Å². The third-order valence-electron chi connectivity index (χ3n) is 3.06. The number of halogens is 2. The van der Waals surface area contributed by atoms with Gasteiger partial charge in [-0.1, -0.05) is 0 Å². The molecule has 0 bridgehead atoms. The second-order valence-electron chi connectivity index (χ2n) is 4.46. The van der Waals surface area contributed by atoms with Crippen molar-refractivity contribution in [3.63, 3.8) is 0 Å². The molecule has 0 unspecified atom stereocenters. The Labute approximate surface area is 140 Å². The van der Waals surface area contributed by atoms with E-state index in [1.807, 2.05) is 0 Å². The van der Waals surface area contributed by atoms with Crippen molar-refractivity contribution in [1.29, 1.82) is 0 Å². The van der Waals surface area contributed by atoms with E-state index in [2.05, 4.69) is 15.9 Å². The first-order chi connectivity index (χ1) is 11.0. The molecule has 6 nitrogen and oxygen atoms in total. The molecule has 0 saturated carbocycles. The van der Waals surface area contributed by atoms with Gasteiger partial charge >= 0.3 is 5.69 Å². The van der Waals surface area contributed by atoms with E-state index < -0.39 is 10.7 Å². The summed E-state index contributed by atoms with van der Waals surface area (Å²) in [6.07, 6.45) is 0. The van der Waals surface area contributed by atoms with Gasteiger partial charge in [-0.3, -0.25) is 10.1 Å². The zero-order chi connectivity index (χ0) is 17.0. The molecule has 0 aliphatic carbocycles. The highest BCUT2D eigenvalue weighted by molar-refractivity contribution is 9.10. The number of nitro groups is 1. The molecule has 0 fully saturated rings. The Bertz CT molecular complexity index is 738. The predicted molar refractivity (Wildman–Crippen MR) is 84.6 cm³/mol. The van der Waals surface area contributed by atoms with Gasteiger partial charge in [0, 0.05) is 17.7 Å². The lowest BCUT2D eigenvalue weighted by Crippen LogP contribution is -2.02. The fourth-order valence-corrected chi connectivity index (χ4v) is 2.43. The fourth-order valence-electron chi connectivity index (χ4n) is 1.95. The molecular formula is C15H13BrFNO5. The van der Waals surface area contributed by atoms with Crippen LogP contribution in [0.15, 0.2) is 34.8 Å². The lowest BCUT2D eigenvalue weighted by molar-refractivity contribution is -0.386. The lowest BCUT2D eigenvalue weighted by Gasteiger charge is -2.13. The van der Waals surface area contributed by atoms with E-state index in [-0.39, 0.29) is 18.0 Å². The number of nitrogens with zero attached hydrogens (tertiary/aromatic N) is 1. The molecule has 2 aromatic carbocycles. The van der Waals surface area contributed by atoms with Crippen molar-refractivity contribution in [2.45, 2.75) is 6.61 Å². The van der Waals surface area contributed by atoms with Crippen LogP contribution in [-0.4, -0.2) is 19.1 Å². The molecule has 0 saturated heterocycles. The predicted octanol–water partition coefficient (Wildman–Crippen LogP) is 4.09. The highest BCUT2D eigenvalue weighted by atomic mass is 79.9. The molecular weight excluding hydrogens is 373 g/mol. The zero-order valence-corrected chi connectivity index (χ0v) is 13.9. The van der Waals surface area contributed by atoms with Crippen LogP contribution in [0.4, 0.5) is 10.1 Å².